The van der Waals surface area contributed by atoms with Crippen LogP contribution >= 0.6 is 11.6 Å². The van der Waals surface area contributed by atoms with Crippen molar-refractivity contribution in [3.8, 4) is 0 Å². The summed E-state index contributed by atoms with van der Waals surface area (Å²) in [6.45, 7) is 2.16. The van der Waals surface area contributed by atoms with Crippen LogP contribution < -0.4 is 0 Å². The van der Waals surface area contributed by atoms with Gasteiger partial charge in [0.05, 0.1) is 5.56 Å². The van der Waals surface area contributed by atoms with E-state index in [1.54, 1.807) is 30.0 Å². The number of aryl methyl sites for hydroxylation is 1. The number of rotatable bonds is 4. The van der Waals surface area contributed by atoms with Crippen LogP contribution in [-0.4, -0.2) is 29.3 Å². The van der Waals surface area contributed by atoms with E-state index in [1.807, 2.05) is 0 Å². The minimum Gasteiger partial charge on any atom is -0.334 e. The molecule has 0 saturated heterocycles. The fourth-order valence-corrected chi connectivity index (χ4v) is 3.08. The van der Waals surface area contributed by atoms with E-state index in [-0.39, 0.29) is 17.5 Å². The molecule has 0 atom stereocenters. The molecule has 1 aliphatic carbocycles. The van der Waals surface area contributed by atoms with Crippen LogP contribution in [0.4, 0.5) is 4.39 Å². The van der Waals surface area contributed by atoms with Gasteiger partial charge in [-0.3, -0.25) is 4.79 Å². The van der Waals surface area contributed by atoms with Gasteiger partial charge in [0.15, 0.2) is 0 Å². The molecule has 20 heavy (non-hydrogen) atoms. The van der Waals surface area contributed by atoms with Crippen LogP contribution in [0.3, 0.4) is 0 Å². The van der Waals surface area contributed by atoms with Crippen LogP contribution in [0.5, 0.6) is 0 Å². The SMILES string of the molecule is Cc1cccc(C(=O)N(CCCl)C2CCCCC2)c1F. The Bertz CT molecular complexity index is 472. The molecule has 110 valence electrons. The summed E-state index contributed by atoms with van der Waals surface area (Å²) < 4.78 is 14.1. The highest BCUT2D eigenvalue weighted by atomic mass is 35.5. The second-order valence-corrected chi connectivity index (χ2v) is 5.79. The van der Waals surface area contributed by atoms with Gasteiger partial charge in [0.2, 0.25) is 0 Å². The molecule has 2 nitrogen and oxygen atoms in total. The van der Waals surface area contributed by atoms with Gasteiger partial charge in [0.25, 0.3) is 5.91 Å². The largest absolute Gasteiger partial charge is 0.334 e. The number of alkyl halides is 1. The molecule has 1 fully saturated rings. The zero-order valence-electron chi connectivity index (χ0n) is 11.9. The smallest absolute Gasteiger partial charge is 0.257 e. The highest BCUT2D eigenvalue weighted by Gasteiger charge is 2.27. The second kappa shape index (κ2) is 7.07. The van der Waals surface area contributed by atoms with Gasteiger partial charge in [0, 0.05) is 18.5 Å². The Balaban J connectivity index is 2.23. The summed E-state index contributed by atoms with van der Waals surface area (Å²) in [5, 5.41) is 0. The van der Waals surface area contributed by atoms with E-state index >= 15 is 0 Å². The van der Waals surface area contributed by atoms with E-state index < -0.39 is 5.82 Å². The molecular weight excluding hydrogens is 277 g/mol. The second-order valence-electron chi connectivity index (χ2n) is 5.42. The van der Waals surface area contributed by atoms with Crippen molar-refractivity contribution in [2.75, 3.05) is 12.4 Å². The fourth-order valence-electron chi connectivity index (χ4n) is 2.90. The van der Waals surface area contributed by atoms with Crippen LogP contribution in [0.25, 0.3) is 0 Å². The highest BCUT2D eigenvalue weighted by Crippen LogP contribution is 2.25. The van der Waals surface area contributed by atoms with Gasteiger partial charge in [-0.2, -0.15) is 0 Å². The molecule has 0 N–H and O–H groups in total. The highest BCUT2D eigenvalue weighted by molar-refractivity contribution is 6.18. The van der Waals surface area contributed by atoms with E-state index in [0.29, 0.717) is 18.0 Å². The zero-order valence-corrected chi connectivity index (χ0v) is 12.6. The van der Waals surface area contributed by atoms with Gasteiger partial charge in [-0.15, -0.1) is 11.6 Å². The first-order valence-corrected chi connectivity index (χ1v) is 7.80. The summed E-state index contributed by atoms with van der Waals surface area (Å²) >= 11 is 5.83. The van der Waals surface area contributed by atoms with Crippen molar-refractivity contribution in [3.05, 3.63) is 35.1 Å². The summed E-state index contributed by atoms with van der Waals surface area (Å²) in [6.07, 6.45) is 5.48. The number of carbonyl (C=O) groups is 1. The lowest BCUT2D eigenvalue weighted by molar-refractivity contribution is 0.0644. The number of hydrogen-bond acceptors (Lipinski definition) is 1. The Morgan fingerprint density at radius 3 is 2.70 bits per heavy atom. The summed E-state index contributed by atoms with van der Waals surface area (Å²) in [4.78, 5) is 14.4. The van der Waals surface area contributed by atoms with Crippen molar-refractivity contribution in [2.24, 2.45) is 0 Å². The Kier molecular flexibility index (Phi) is 5.41. The fraction of sp³-hybridized carbons (Fsp3) is 0.562. The van der Waals surface area contributed by atoms with E-state index in [2.05, 4.69) is 0 Å². The van der Waals surface area contributed by atoms with E-state index in [1.165, 1.54) is 6.42 Å². The van der Waals surface area contributed by atoms with Gasteiger partial charge in [-0.25, -0.2) is 4.39 Å². The molecule has 0 aromatic heterocycles. The molecule has 4 heteroatoms. The maximum Gasteiger partial charge on any atom is 0.257 e. The first-order valence-electron chi connectivity index (χ1n) is 7.27. The molecule has 2 rings (SSSR count). The van der Waals surface area contributed by atoms with Crippen LogP contribution in [-0.2, 0) is 0 Å². The minimum atomic E-state index is -0.409. The Morgan fingerprint density at radius 1 is 1.35 bits per heavy atom. The molecule has 0 unspecified atom stereocenters. The van der Waals surface area contributed by atoms with Gasteiger partial charge < -0.3 is 4.90 Å². The van der Waals surface area contributed by atoms with Gasteiger partial charge >= 0.3 is 0 Å². The molecule has 1 aromatic rings. The molecule has 0 bridgehead atoms. The maximum atomic E-state index is 14.1. The number of halogens is 2. The van der Waals surface area contributed by atoms with Crippen molar-refractivity contribution in [3.63, 3.8) is 0 Å². The third kappa shape index (κ3) is 3.32. The Morgan fingerprint density at radius 2 is 2.05 bits per heavy atom. The average molecular weight is 298 g/mol. The number of nitrogens with zero attached hydrogens (tertiary/aromatic N) is 1. The quantitative estimate of drug-likeness (QED) is 0.765. The normalized spacial score (nSPS) is 16.1. The molecule has 1 saturated carbocycles. The summed E-state index contributed by atoms with van der Waals surface area (Å²) in [7, 11) is 0. The van der Waals surface area contributed by atoms with Gasteiger partial charge in [-0.05, 0) is 31.4 Å². The maximum absolute atomic E-state index is 14.1. The number of amides is 1. The van der Waals surface area contributed by atoms with Gasteiger partial charge in [0.1, 0.15) is 5.82 Å². The zero-order chi connectivity index (χ0) is 14.5. The van der Waals surface area contributed by atoms with Crippen LogP contribution in [0.1, 0.15) is 48.0 Å². The van der Waals surface area contributed by atoms with Crippen molar-refractivity contribution in [2.45, 2.75) is 45.1 Å². The lowest BCUT2D eigenvalue weighted by Crippen LogP contribution is -2.43. The van der Waals surface area contributed by atoms with E-state index in [4.69, 9.17) is 11.6 Å². The molecule has 1 amide bonds. The molecule has 0 heterocycles. The number of carbonyl (C=O) groups excluding carboxylic acids is 1. The van der Waals surface area contributed by atoms with Crippen LogP contribution in [0.2, 0.25) is 0 Å². The van der Waals surface area contributed by atoms with Crippen molar-refractivity contribution < 1.29 is 9.18 Å². The van der Waals surface area contributed by atoms with Crippen LogP contribution in [0.15, 0.2) is 18.2 Å². The van der Waals surface area contributed by atoms with E-state index in [0.717, 1.165) is 25.7 Å². The topological polar surface area (TPSA) is 20.3 Å². The summed E-state index contributed by atoms with van der Waals surface area (Å²) in [6, 6.07) is 5.17. The van der Waals surface area contributed by atoms with Crippen molar-refractivity contribution >= 4 is 17.5 Å². The molecule has 0 spiro atoms. The lowest BCUT2D eigenvalue weighted by Gasteiger charge is -2.34. The van der Waals surface area contributed by atoms with Crippen molar-refractivity contribution in [1.82, 2.24) is 4.90 Å². The molecule has 1 aliphatic rings. The number of benzene rings is 1. The standard InChI is InChI=1S/C16H21ClFNO/c1-12-6-5-9-14(15(12)18)16(20)19(11-10-17)13-7-3-2-4-8-13/h5-6,9,13H,2-4,7-8,10-11H2,1H3. The molecule has 0 radical (unpaired) electrons. The Hall–Kier alpha value is -1.09. The minimum absolute atomic E-state index is 0.167. The lowest BCUT2D eigenvalue weighted by atomic mass is 9.93. The van der Waals surface area contributed by atoms with Gasteiger partial charge in [-0.1, -0.05) is 31.4 Å². The molecular formula is C16H21ClFNO. The third-order valence-corrected chi connectivity index (χ3v) is 4.19. The molecule has 0 aliphatic heterocycles. The molecule has 1 aromatic carbocycles. The van der Waals surface area contributed by atoms with Crippen LogP contribution in [0, 0.1) is 12.7 Å². The monoisotopic (exact) mass is 297 g/mol. The average Bonchev–Trinajstić information content (AvgIpc) is 2.48. The predicted octanol–water partition coefficient (Wildman–Crippen LogP) is 4.15. The van der Waals surface area contributed by atoms with Crippen molar-refractivity contribution in [1.29, 1.82) is 0 Å². The first-order chi connectivity index (χ1) is 9.65. The summed E-state index contributed by atoms with van der Waals surface area (Å²) in [5.41, 5.74) is 0.672. The Labute approximate surface area is 124 Å². The predicted molar refractivity (Wildman–Crippen MR) is 79.8 cm³/mol. The van der Waals surface area contributed by atoms with E-state index in [9.17, 15) is 9.18 Å². The first kappa shape index (κ1) is 15.3. The summed E-state index contributed by atoms with van der Waals surface area (Å²) in [5.74, 6) is -0.248. The number of hydrogen-bond donors (Lipinski definition) is 0. The third-order valence-electron chi connectivity index (χ3n) is 4.02.